The molecule has 8 heteroatoms. The lowest BCUT2D eigenvalue weighted by Crippen LogP contribution is -2.60. The maximum atomic E-state index is 14.8. The zero-order valence-corrected chi connectivity index (χ0v) is 17.1. The number of carbonyl (C=O) groups is 2. The number of nitrogens with one attached hydrogen (secondary N) is 2. The van der Waals surface area contributed by atoms with Gasteiger partial charge >= 0.3 is 12.2 Å². The number of piperazine rings is 1. The number of hydrogen-bond acceptors (Lipinski definition) is 4. The van der Waals surface area contributed by atoms with Gasteiger partial charge in [-0.05, 0) is 42.0 Å². The maximum Gasteiger partial charge on any atom is 0.408 e. The molecule has 7 nitrogen and oxygen atoms in total. The largest absolute Gasteiger partial charge is 0.465 e. The van der Waals surface area contributed by atoms with E-state index in [4.69, 9.17) is 4.74 Å². The van der Waals surface area contributed by atoms with Crippen molar-refractivity contribution >= 4 is 12.2 Å². The van der Waals surface area contributed by atoms with Crippen LogP contribution in [0.3, 0.4) is 0 Å². The van der Waals surface area contributed by atoms with Crippen molar-refractivity contribution in [2.45, 2.75) is 37.5 Å². The molecule has 2 aliphatic rings. The van der Waals surface area contributed by atoms with Gasteiger partial charge in [0.25, 0.3) is 0 Å². The van der Waals surface area contributed by atoms with Gasteiger partial charge in [-0.2, -0.15) is 0 Å². The summed E-state index contributed by atoms with van der Waals surface area (Å²) in [7, 11) is 0. The molecule has 2 atom stereocenters. The van der Waals surface area contributed by atoms with Gasteiger partial charge in [-0.15, -0.1) is 0 Å². The van der Waals surface area contributed by atoms with Crippen molar-refractivity contribution in [3.8, 4) is 0 Å². The Labute approximate surface area is 180 Å². The van der Waals surface area contributed by atoms with Gasteiger partial charge in [-0.1, -0.05) is 42.5 Å². The van der Waals surface area contributed by atoms with E-state index in [0.717, 1.165) is 12.0 Å². The lowest BCUT2D eigenvalue weighted by Gasteiger charge is -2.44. The number of hydrogen-bond donors (Lipinski definition) is 3. The number of benzene rings is 2. The van der Waals surface area contributed by atoms with Crippen LogP contribution in [-0.4, -0.2) is 47.9 Å². The third-order valence-electron chi connectivity index (χ3n) is 6.20. The van der Waals surface area contributed by atoms with E-state index in [0.29, 0.717) is 30.6 Å². The summed E-state index contributed by atoms with van der Waals surface area (Å²) >= 11 is 0. The Bertz CT molecular complexity index is 951. The standard InChI is InChI=1S/C23H26FN3O4/c24-20-8-4-7-19(23-11-9-17(13-25-15-23)27(23)22(29)30)18(20)10-12-26-21(28)31-14-16-5-2-1-3-6-16/h1-8,17,25H,9-15H2,(H,26,28)(H,29,30). The Balaban J connectivity index is 1.45. The van der Waals surface area contributed by atoms with Crippen molar-refractivity contribution in [1.82, 2.24) is 15.5 Å². The molecule has 4 rings (SSSR count). The highest BCUT2D eigenvalue weighted by molar-refractivity contribution is 5.69. The molecule has 2 fully saturated rings. The molecule has 3 N–H and O–H groups in total. The van der Waals surface area contributed by atoms with Gasteiger partial charge in [0, 0.05) is 25.7 Å². The first-order valence-electron chi connectivity index (χ1n) is 10.5. The van der Waals surface area contributed by atoms with E-state index in [1.807, 2.05) is 30.3 Å². The molecule has 2 heterocycles. The molecule has 0 radical (unpaired) electrons. The first-order chi connectivity index (χ1) is 15.0. The van der Waals surface area contributed by atoms with Crippen LogP contribution in [0, 0.1) is 5.82 Å². The summed E-state index contributed by atoms with van der Waals surface area (Å²) in [5.41, 5.74) is 1.19. The summed E-state index contributed by atoms with van der Waals surface area (Å²) in [4.78, 5) is 25.5. The van der Waals surface area contributed by atoms with Gasteiger partial charge in [-0.25, -0.2) is 14.0 Å². The van der Waals surface area contributed by atoms with Gasteiger partial charge in [0.15, 0.2) is 0 Å². The minimum Gasteiger partial charge on any atom is -0.465 e. The molecule has 2 saturated heterocycles. The molecule has 0 spiro atoms. The zero-order valence-electron chi connectivity index (χ0n) is 17.1. The Morgan fingerprint density at radius 3 is 2.81 bits per heavy atom. The second-order valence-electron chi connectivity index (χ2n) is 8.01. The van der Waals surface area contributed by atoms with Crippen LogP contribution in [0.1, 0.15) is 29.5 Å². The van der Waals surface area contributed by atoms with Crippen molar-refractivity contribution in [3.05, 3.63) is 71.0 Å². The molecular weight excluding hydrogens is 401 g/mol. The van der Waals surface area contributed by atoms with Crippen LogP contribution in [0.5, 0.6) is 0 Å². The molecule has 164 valence electrons. The minimum absolute atomic E-state index is 0.117. The van der Waals surface area contributed by atoms with Crippen molar-refractivity contribution < 1.29 is 23.8 Å². The van der Waals surface area contributed by atoms with Crippen LogP contribution >= 0.6 is 0 Å². The molecule has 2 aromatic carbocycles. The summed E-state index contributed by atoms with van der Waals surface area (Å²) < 4.78 is 20.0. The average molecular weight is 427 g/mol. The molecular formula is C23H26FN3O4. The number of amides is 2. The molecule has 2 amide bonds. The molecule has 2 aliphatic heterocycles. The highest BCUT2D eigenvalue weighted by atomic mass is 19.1. The van der Waals surface area contributed by atoms with Gasteiger partial charge in [0.05, 0.1) is 5.54 Å². The number of rotatable bonds is 6. The highest BCUT2D eigenvalue weighted by Crippen LogP contribution is 2.45. The van der Waals surface area contributed by atoms with Gasteiger partial charge < -0.3 is 20.5 Å². The molecule has 2 aromatic rings. The van der Waals surface area contributed by atoms with Crippen LogP contribution in [0.2, 0.25) is 0 Å². The first-order valence-corrected chi connectivity index (χ1v) is 10.5. The third kappa shape index (κ3) is 4.20. The normalized spacial score (nSPS) is 22.2. The van der Waals surface area contributed by atoms with Gasteiger partial charge in [0.1, 0.15) is 12.4 Å². The Morgan fingerprint density at radius 2 is 2.03 bits per heavy atom. The predicted octanol–water partition coefficient (Wildman–Crippen LogP) is 3.24. The smallest absolute Gasteiger partial charge is 0.408 e. The van der Waals surface area contributed by atoms with Crippen LogP contribution in [-0.2, 0) is 23.3 Å². The summed E-state index contributed by atoms with van der Waals surface area (Å²) in [6.45, 7) is 1.38. The van der Waals surface area contributed by atoms with E-state index in [9.17, 15) is 19.1 Å². The van der Waals surface area contributed by atoms with Crippen molar-refractivity contribution in [1.29, 1.82) is 0 Å². The van der Waals surface area contributed by atoms with Crippen LogP contribution < -0.4 is 10.6 Å². The van der Waals surface area contributed by atoms with Crippen LogP contribution in [0.25, 0.3) is 0 Å². The molecule has 0 saturated carbocycles. The monoisotopic (exact) mass is 427 g/mol. The first kappa shape index (κ1) is 21.1. The Hall–Kier alpha value is -3.13. The van der Waals surface area contributed by atoms with E-state index in [2.05, 4.69) is 10.6 Å². The van der Waals surface area contributed by atoms with E-state index in [1.54, 1.807) is 12.1 Å². The lowest BCUT2D eigenvalue weighted by atomic mass is 9.82. The number of halogens is 1. The van der Waals surface area contributed by atoms with E-state index in [-0.39, 0.29) is 25.6 Å². The van der Waals surface area contributed by atoms with E-state index in [1.165, 1.54) is 11.0 Å². The summed E-state index contributed by atoms with van der Waals surface area (Å²) in [5, 5.41) is 15.8. The van der Waals surface area contributed by atoms with Crippen molar-refractivity contribution in [2.24, 2.45) is 0 Å². The highest BCUT2D eigenvalue weighted by Gasteiger charge is 2.53. The second kappa shape index (κ2) is 8.93. The SMILES string of the molecule is O=C(NCCc1c(F)cccc1C12CCC(CNC1)N2C(=O)O)OCc1ccccc1. The molecule has 0 aliphatic carbocycles. The van der Waals surface area contributed by atoms with E-state index >= 15 is 0 Å². The average Bonchev–Trinajstić information content (AvgIpc) is 3.01. The minimum atomic E-state index is -0.984. The zero-order chi connectivity index (χ0) is 21.8. The quantitative estimate of drug-likeness (QED) is 0.659. The van der Waals surface area contributed by atoms with Crippen LogP contribution in [0.15, 0.2) is 48.5 Å². The summed E-state index contributed by atoms with van der Waals surface area (Å²) in [6.07, 6.45) is 0.0517. The van der Waals surface area contributed by atoms with E-state index < -0.39 is 23.5 Å². The summed E-state index contributed by atoms with van der Waals surface area (Å²) in [6, 6.07) is 14.0. The number of fused-ring (bicyclic) bond motifs is 2. The van der Waals surface area contributed by atoms with Crippen molar-refractivity contribution in [3.63, 3.8) is 0 Å². The third-order valence-corrected chi connectivity index (χ3v) is 6.20. The molecule has 31 heavy (non-hydrogen) atoms. The van der Waals surface area contributed by atoms with Crippen LogP contribution in [0.4, 0.5) is 14.0 Å². The van der Waals surface area contributed by atoms with Gasteiger partial charge in [0.2, 0.25) is 0 Å². The summed E-state index contributed by atoms with van der Waals surface area (Å²) in [5.74, 6) is -0.398. The van der Waals surface area contributed by atoms with Gasteiger partial charge in [-0.3, -0.25) is 4.90 Å². The lowest BCUT2D eigenvalue weighted by molar-refractivity contribution is 0.0590. The topological polar surface area (TPSA) is 90.9 Å². The molecule has 2 unspecified atom stereocenters. The number of ether oxygens (including phenoxy) is 1. The number of alkyl carbamates (subject to hydrolysis) is 1. The van der Waals surface area contributed by atoms with Crippen molar-refractivity contribution in [2.75, 3.05) is 19.6 Å². The predicted molar refractivity (Wildman–Crippen MR) is 112 cm³/mol. The number of carbonyl (C=O) groups excluding carboxylic acids is 1. The molecule has 0 aromatic heterocycles. The molecule has 2 bridgehead atoms. The fourth-order valence-electron chi connectivity index (χ4n) is 4.83. The Kier molecular flexibility index (Phi) is 6.08. The number of carboxylic acid groups (broad SMARTS) is 1. The fraction of sp³-hybridized carbons (Fsp3) is 0.391. The second-order valence-corrected chi connectivity index (χ2v) is 8.01. The number of nitrogens with zero attached hydrogens (tertiary/aromatic N) is 1. The fourth-order valence-corrected chi connectivity index (χ4v) is 4.83. The Morgan fingerprint density at radius 1 is 1.23 bits per heavy atom. The maximum absolute atomic E-state index is 14.8.